The van der Waals surface area contributed by atoms with Crippen LogP contribution in [-0.2, 0) is 0 Å². The summed E-state index contributed by atoms with van der Waals surface area (Å²) in [4.78, 5) is 0. The van der Waals surface area contributed by atoms with Crippen LogP contribution in [0, 0.1) is 5.82 Å². The molecule has 1 N–H and O–H groups in total. The fourth-order valence-corrected chi connectivity index (χ4v) is 3.48. The molecule has 122 valence electrons. The number of hydrogen-bond donors (Lipinski definition) is 1. The van der Waals surface area contributed by atoms with Crippen LogP contribution in [0.3, 0.4) is 0 Å². The van der Waals surface area contributed by atoms with Gasteiger partial charge in [0.2, 0.25) is 5.95 Å². The van der Waals surface area contributed by atoms with Gasteiger partial charge < -0.3 is 5.32 Å². The van der Waals surface area contributed by atoms with Gasteiger partial charge in [-0.15, -0.1) is 0 Å². The van der Waals surface area contributed by atoms with Crippen LogP contribution >= 0.6 is 27.5 Å². The predicted molar refractivity (Wildman–Crippen MR) is 92.5 cm³/mol. The number of rotatable bonds is 2. The number of nitrogens with one attached hydrogen (secondary N) is 1. The fraction of sp³-hybridized carbons (Fsp3) is 0.188. The van der Waals surface area contributed by atoms with Gasteiger partial charge in [-0.05, 0) is 52.7 Å². The molecular weight excluding hydrogens is 397 g/mol. The predicted octanol–water partition coefficient (Wildman–Crippen LogP) is 4.37. The summed E-state index contributed by atoms with van der Waals surface area (Å²) in [5, 5.41) is 15.7. The van der Waals surface area contributed by atoms with Crippen LogP contribution in [0.5, 0.6) is 0 Å². The molecule has 5 nitrogen and oxygen atoms in total. The van der Waals surface area contributed by atoms with Crippen molar-refractivity contribution in [3.63, 3.8) is 0 Å². The Morgan fingerprint density at radius 2 is 2.00 bits per heavy atom. The molecule has 4 rings (SSSR count). The molecule has 0 saturated carbocycles. The summed E-state index contributed by atoms with van der Waals surface area (Å²) in [6.07, 6.45) is 0.618. The fourth-order valence-electron chi connectivity index (χ4n) is 2.98. The van der Waals surface area contributed by atoms with Gasteiger partial charge in [0.15, 0.2) is 0 Å². The zero-order valence-electron chi connectivity index (χ0n) is 12.3. The van der Waals surface area contributed by atoms with E-state index in [0.29, 0.717) is 23.0 Å². The summed E-state index contributed by atoms with van der Waals surface area (Å²) >= 11 is 9.37. The van der Waals surface area contributed by atoms with Gasteiger partial charge in [-0.1, -0.05) is 44.8 Å². The number of benzene rings is 2. The van der Waals surface area contributed by atoms with E-state index in [4.69, 9.17) is 11.6 Å². The third kappa shape index (κ3) is 2.78. The summed E-state index contributed by atoms with van der Waals surface area (Å²) in [7, 11) is 0. The molecule has 2 unspecified atom stereocenters. The third-order valence-electron chi connectivity index (χ3n) is 4.14. The van der Waals surface area contributed by atoms with Gasteiger partial charge in [-0.25, -0.2) is 9.07 Å². The summed E-state index contributed by atoms with van der Waals surface area (Å²) in [5.74, 6) is 0.243. The largest absolute Gasteiger partial charge is 0.346 e. The molecule has 1 aliphatic heterocycles. The van der Waals surface area contributed by atoms with E-state index in [0.717, 1.165) is 10.0 Å². The lowest BCUT2D eigenvalue weighted by Gasteiger charge is -2.31. The Bertz CT molecular complexity index is 882. The Morgan fingerprint density at radius 3 is 2.79 bits per heavy atom. The van der Waals surface area contributed by atoms with Crippen molar-refractivity contribution < 1.29 is 4.39 Å². The molecule has 0 aliphatic carbocycles. The second kappa shape index (κ2) is 6.14. The number of nitrogens with zero attached hydrogens (tertiary/aromatic N) is 4. The van der Waals surface area contributed by atoms with E-state index in [1.807, 2.05) is 24.3 Å². The van der Waals surface area contributed by atoms with Crippen molar-refractivity contribution >= 4 is 33.5 Å². The molecule has 0 bridgehead atoms. The van der Waals surface area contributed by atoms with Gasteiger partial charge >= 0.3 is 0 Å². The van der Waals surface area contributed by atoms with Crippen LogP contribution in [0.4, 0.5) is 10.3 Å². The first-order valence-electron chi connectivity index (χ1n) is 7.36. The Hall–Kier alpha value is -1.99. The SMILES string of the molecule is Fc1ccc(Br)cc1C1CC(c2ccc(Cl)cc2)Nc2nnnn21. The van der Waals surface area contributed by atoms with Crippen LogP contribution in [0.2, 0.25) is 5.02 Å². The zero-order valence-corrected chi connectivity index (χ0v) is 14.7. The first kappa shape index (κ1) is 15.5. The molecule has 24 heavy (non-hydrogen) atoms. The standard InChI is InChI=1S/C16H12BrClFN5/c17-10-3-6-13(19)12(7-10)15-8-14(9-1-4-11(18)5-2-9)20-16-21-22-23-24(15)16/h1-7,14-15H,8H2,(H,20,21,23). The van der Waals surface area contributed by atoms with Crippen molar-refractivity contribution in [1.82, 2.24) is 20.2 Å². The van der Waals surface area contributed by atoms with E-state index in [9.17, 15) is 4.39 Å². The topological polar surface area (TPSA) is 55.6 Å². The molecular formula is C16H12BrClFN5. The lowest BCUT2D eigenvalue weighted by Crippen LogP contribution is -2.28. The highest BCUT2D eigenvalue weighted by Crippen LogP contribution is 2.38. The Kier molecular flexibility index (Phi) is 3.97. The first-order chi connectivity index (χ1) is 11.6. The second-order valence-electron chi connectivity index (χ2n) is 5.61. The second-order valence-corrected chi connectivity index (χ2v) is 6.96. The maximum Gasteiger partial charge on any atom is 0.243 e. The Labute approximate surface area is 151 Å². The number of halogens is 3. The minimum Gasteiger partial charge on any atom is -0.346 e. The maximum absolute atomic E-state index is 14.4. The van der Waals surface area contributed by atoms with Gasteiger partial charge in [0.05, 0.1) is 12.1 Å². The molecule has 0 fully saturated rings. The average Bonchev–Trinajstić information content (AvgIpc) is 3.05. The lowest BCUT2D eigenvalue weighted by atomic mass is 9.93. The molecule has 2 atom stereocenters. The van der Waals surface area contributed by atoms with Crippen molar-refractivity contribution in [2.45, 2.75) is 18.5 Å². The van der Waals surface area contributed by atoms with E-state index < -0.39 is 0 Å². The summed E-state index contributed by atoms with van der Waals surface area (Å²) < 4.78 is 16.8. The number of tetrazole rings is 1. The number of fused-ring (bicyclic) bond motifs is 1. The van der Waals surface area contributed by atoms with Crippen molar-refractivity contribution in [1.29, 1.82) is 0 Å². The van der Waals surface area contributed by atoms with Gasteiger partial charge in [0, 0.05) is 15.1 Å². The average molecular weight is 409 g/mol. The van der Waals surface area contributed by atoms with Crippen LogP contribution in [0.25, 0.3) is 0 Å². The number of hydrogen-bond acceptors (Lipinski definition) is 4. The van der Waals surface area contributed by atoms with Crippen molar-refractivity contribution in [2.24, 2.45) is 0 Å². The Balaban J connectivity index is 1.76. The minimum absolute atomic E-state index is 0.0378. The molecule has 2 heterocycles. The summed E-state index contributed by atoms with van der Waals surface area (Å²) in [6, 6.07) is 12.1. The smallest absolute Gasteiger partial charge is 0.243 e. The highest BCUT2D eigenvalue weighted by atomic mass is 79.9. The van der Waals surface area contributed by atoms with Crippen LogP contribution in [-0.4, -0.2) is 20.2 Å². The normalized spacial score (nSPS) is 19.6. The minimum atomic E-state index is -0.297. The Morgan fingerprint density at radius 1 is 1.21 bits per heavy atom. The van der Waals surface area contributed by atoms with Crippen LogP contribution < -0.4 is 5.32 Å². The monoisotopic (exact) mass is 407 g/mol. The molecule has 8 heteroatoms. The van der Waals surface area contributed by atoms with E-state index in [1.165, 1.54) is 6.07 Å². The highest BCUT2D eigenvalue weighted by molar-refractivity contribution is 9.10. The first-order valence-corrected chi connectivity index (χ1v) is 8.54. The van der Waals surface area contributed by atoms with E-state index in [2.05, 4.69) is 36.8 Å². The third-order valence-corrected chi connectivity index (χ3v) is 4.88. The summed E-state index contributed by atoms with van der Waals surface area (Å²) in [6.45, 7) is 0. The van der Waals surface area contributed by atoms with Crippen molar-refractivity contribution in [3.05, 3.63) is 68.9 Å². The molecule has 0 radical (unpaired) electrons. The molecule has 0 amide bonds. The molecule has 1 aliphatic rings. The van der Waals surface area contributed by atoms with Gasteiger partial charge in [-0.3, -0.25) is 0 Å². The lowest BCUT2D eigenvalue weighted by molar-refractivity contribution is 0.409. The van der Waals surface area contributed by atoms with Gasteiger partial charge in [0.25, 0.3) is 0 Å². The van der Waals surface area contributed by atoms with E-state index in [-0.39, 0.29) is 17.9 Å². The van der Waals surface area contributed by atoms with Crippen LogP contribution in [0.1, 0.15) is 29.6 Å². The zero-order chi connectivity index (χ0) is 16.7. The molecule has 3 aromatic rings. The van der Waals surface area contributed by atoms with E-state index in [1.54, 1.807) is 16.8 Å². The molecule has 2 aromatic carbocycles. The van der Waals surface area contributed by atoms with E-state index >= 15 is 0 Å². The molecule has 0 saturated heterocycles. The van der Waals surface area contributed by atoms with Gasteiger partial charge in [-0.2, -0.15) is 0 Å². The van der Waals surface area contributed by atoms with Gasteiger partial charge in [0.1, 0.15) is 5.82 Å². The number of anilines is 1. The quantitative estimate of drug-likeness (QED) is 0.684. The van der Waals surface area contributed by atoms with Crippen LogP contribution in [0.15, 0.2) is 46.9 Å². The summed E-state index contributed by atoms with van der Waals surface area (Å²) in [5.41, 5.74) is 1.60. The van der Waals surface area contributed by atoms with Crippen molar-refractivity contribution in [2.75, 3.05) is 5.32 Å². The maximum atomic E-state index is 14.4. The number of aromatic nitrogens is 4. The molecule has 1 aromatic heterocycles. The van der Waals surface area contributed by atoms with Crippen molar-refractivity contribution in [3.8, 4) is 0 Å². The molecule has 0 spiro atoms. The highest BCUT2D eigenvalue weighted by Gasteiger charge is 2.32.